The third-order valence-electron chi connectivity index (χ3n) is 5.16. The number of morpholine rings is 1. The smallest absolute Gasteiger partial charge is 0.282 e. The minimum absolute atomic E-state index is 0.0820. The number of ether oxygens (including phenoxy) is 1. The Hall–Kier alpha value is -1.52. The second kappa shape index (κ2) is 8.87. The number of amides is 1. The molecule has 2 heterocycles. The number of rotatable bonds is 5. The number of benzene rings is 1. The van der Waals surface area contributed by atoms with Gasteiger partial charge in [-0.25, -0.2) is 0 Å². The van der Waals surface area contributed by atoms with Gasteiger partial charge in [0.2, 0.25) is 5.91 Å². The van der Waals surface area contributed by atoms with E-state index in [1.807, 2.05) is 49.9 Å². The van der Waals surface area contributed by atoms with Crippen LogP contribution >= 0.6 is 0 Å². The van der Waals surface area contributed by atoms with Gasteiger partial charge >= 0.3 is 0 Å². The zero-order valence-electron chi connectivity index (χ0n) is 16.8. The van der Waals surface area contributed by atoms with Crippen molar-refractivity contribution < 1.29 is 17.9 Å². The third kappa shape index (κ3) is 5.09. The van der Waals surface area contributed by atoms with Crippen molar-refractivity contribution in [1.82, 2.24) is 13.5 Å². The Kier molecular flexibility index (Phi) is 6.72. The number of carbonyl (C=O) groups excluding carboxylic acids is 1. The summed E-state index contributed by atoms with van der Waals surface area (Å²) in [5, 5.41) is 2.93. The van der Waals surface area contributed by atoms with Gasteiger partial charge in [0.05, 0.1) is 18.8 Å². The van der Waals surface area contributed by atoms with Crippen molar-refractivity contribution in [3.63, 3.8) is 0 Å². The third-order valence-corrected chi connectivity index (χ3v) is 7.12. The summed E-state index contributed by atoms with van der Waals surface area (Å²) in [4.78, 5) is 14.3. The lowest BCUT2D eigenvalue weighted by Gasteiger charge is -2.40. The van der Waals surface area contributed by atoms with E-state index < -0.39 is 10.2 Å². The minimum Gasteiger partial charge on any atom is -0.373 e. The summed E-state index contributed by atoms with van der Waals surface area (Å²) >= 11 is 0. The lowest BCUT2D eigenvalue weighted by molar-refractivity contribution is -0.117. The molecule has 0 radical (unpaired) electrons. The average Bonchev–Trinajstić information content (AvgIpc) is 2.63. The highest BCUT2D eigenvalue weighted by molar-refractivity contribution is 7.86. The number of aryl methyl sites for hydroxylation is 1. The molecule has 2 saturated heterocycles. The molecule has 9 heteroatoms. The molecule has 2 atom stereocenters. The lowest BCUT2D eigenvalue weighted by Crippen LogP contribution is -2.57. The maximum absolute atomic E-state index is 12.9. The summed E-state index contributed by atoms with van der Waals surface area (Å²) in [6.45, 7) is 8.61. The zero-order valence-corrected chi connectivity index (χ0v) is 17.6. The predicted octanol–water partition coefficient (Wildman–Crippen LogP) is 0.905. The van der Waals surface area contributed by atoms with Crippen LogP contribution in [0.2, 0.25) is 0 Å². The molecule has 0 spiro atoms. The fourth-order valence-electron chi connectivity index (χ4n) is 3.71. The lowest BCUT2D eigenvalue weighted by atomic mass is 10.2. The Morgan fingerprint density at radius 1 is 1.07 bits per heavy atom. The fourth-order valence-corrected chi connectivity index (χ4v) is 5.45. The summed E-state index contributed by atoms with van der Waals surface area (Å²) < 4.78 is 34.6. The number of nitrogens with one attached hydrogen (secondary N) is 1. The van der Waals surface area contributed by atoms with Gasteiger partial charge in [0.25, 0.3) is 10.2 Å². The largest absolute Gasteiger partial charge is 0.373 e. The SMILES string of the molecule is Cc1ccccc1NC(=O)CN1CCN(S(=O)(=O)N2C[C@@H](C)O[C@@H](C)C2)CC1. The van der Waals surface area contributed by atoms with Gasteiger partial charge in [0.1, 0.15) is 0 Å². The van der Waals surface area contributed by atoms with Crippen LogP contribution in [-0.2, 0) is 19.7 Å². The maximum Gasteiger partial charge on any atom is 0.282 e. The molecule has 1 amide bonds. The van der Waals surface area contributed by atoms with Crippen LogP contribution in [0, 0.1) is 6.92 Å². The molecule has 0 aliphatic carbocycles. The van der Waals surface area contributed by atoms with E-state index in [0.717, 1.165) is 11.3 Å². The molecule has 3 rings (SSSR count). The van der Waals surface area contributed by atoms with Crippen LogP contribution in [0.4, 0.5) is 5.69 Å². The molecule has 1 aromatic rings. The summed E-state index contributed by atoms with van der Waals surface area (Å²) in [6, 6.07) is 7.65. The molecule has 2 aliphatic rings. The first-order valence-corrected chi connectivity index (χ1v) is 11.1. The molecule has 156 valence electrons. The van der Waals surface area contributed by atoms with Gasteiger partial charge in [-0.1, -0.05) is 18.2 Å². The second-order valence-corrected chi connectivity index (χ2v) is 9.55. The van der Waals surface area contributed by atoms with Gasteiger partial charge in [-0.15, -0.1) is 0 Å². The van der Waals surface area contributed by atoms with Crippen LogP contribution in [0.15, 0.2) is 24.3 Å². The van der Waals surface area contributed by atoms with Crippen LogP contribution in [0.3, 0.4) is 0 Å². The predicted molar refractivity (Wildman–Crippen MR) is 108 cm³/mol. The highest BCUT2D eigenvalue weighted by atomic mass is 32.2. The van der Waals surface area contributed by atoms with Crippen molar-refractivity contribution in [3.8, 4) is 0 Å². The topological polar surface area (TPSA) is 82.2 Å². The van der Waals surface area contributed by atoms with E-state index in [0.29, 0.717) is 39.3 Å². The fraction of sp³-hybridized carbons (Fsp3) is 0.632. The molecule has 28 heavy (non-hydrogen) atoms. The first kappa shape index (κ1) is 21.2. The van der Waals surface area contributed by atoms with Gasteiger partial charge < -0.3 is 10.1 Å². The van der Waals surface area contributed by atoms with Crippen molar-refractivity contribution >= 4 is 21.8 Å². The first-order chi connectivity index (χ1) is 13.3. The highest BCUT2D eigenvalue weighted by Crippen LogP contribution is 2.19. The van der Waals surface area contributed by atoms with Crippen LogP contribution in [0.5, 0.6) is 0 Å². The summed E-state index contributed by atoms with van der Waals surface area (Å²) in [5.74, 6) is -0.0820. The van der Waals surface area contributed by atoms with E-state index in [2.05, 4.69) is 5.32 Å². The van der Waals surface area contributed by atoms with Gasteiger partial charge in [-0.05, 0) is 32.4 Å². The zero-order chi connectivity index (χ0) is 20.3. The molecule has 0 saturated carbocycles. The molecule has 2 aliphatic heterocycles. The van der Waals surface area contributed by atoms with E-state index in [4.69, 9.17) is 4.74 Å². The number of hydrogen-bond acceptors (Lipinski definition) is 5. The van der Waals surface area contributed by atoms with Gasteiger partial charge in [-0.3, -0.25) is 9.69 Å². The van der Waals surface area contributed by atoms with Crippen LogP contribution in [0.1, 0.15) is 19.4 Å². The monoisotopic (exact) mass is 410 g/mol. The molecule has 0 bridgehead atoms. The second-order valence-electron chi connectivity index (χ2n) is 7.62. The molecule has 1 aromatic carbocycles. The van der Waals surface area contributed by atoms with E-state index in [1.54, 1.807) is 0 Å². The molecule has 0 unspecified atom stereocenters. The highest BCUT2D eigenvalue weighted by Gasteiger charge is 2.36. The molecule has 2 fully saturated rings. The molecular weight excluding hydrogens is 380 g/mol. The van der Waals surface area contributed by atoms with E-state index >= 15 is 0 Å². The van der Waals surface area contributed by atoms with Gasteiger partial charge in [0, 0.05) is 45.0 Å². The summed E-state index contributed by atoms with van der Waals surface area (Å²) in [6.07, 6.45) is -0.213. The normalized spacial score (nSPS) is 25.5. The molecular formula is C19H30N4O4S. The van der Waals surface area contributed by atoms with E-state index in [1.165, 1.54) is 8.61 Å². The van der Waals surface area contributed by atoms with Crippen LogP contribution < -0.4 is 5.32 Å². The number of para-hydroxylation sites is 1. The Balaban J connectivity index is 1.51. The standard InChI is InChI=1S/C19H30N4O4S/c1-15-6-4-5-7-18(15)20-19(24)14-21-8-10-22(11-9-21)28(25,26)23-12-16(2)27-17(3)13-23/h4-7,16-17H,8-14H2,1-3H3,(H,20,24)/t16-,17+. The van der Waals surface area contributed by atoms with Crippen molar-refractivity contribution in [2.24, 2.45) is 0 Å². The van der Waals surface area contributed by atoms with E-state index in [9.17, 15) is 13.2 Å². The molecule has 0 aromatic heterocycles. The summed E-state index contributed by atoms with van der Waals surface area (Å²) in [7, 11) is -3.50. The quantitative estimate of drug-likeness (QED) is 0.780. The Labute approximate surface area is 167 Å². The Morgan fingerprint density at radius 3 is 2.29 bits per heavy atom. The number of anilines is 1. The Bertz CT molecular complexity index is 783. The van der Waals surface area contributed by atoms with Crippen LogP contribution in [-0.4, -0.2) is 85.9 Å². The molecule has 8 nitrogen and oxygen atoms in total. The number of piperazine rings is 1. The number of carbonyl (C=O) groups is 1. The minimum atomic E-state index is -3.50. The average molecular weight is 411 g/mol. The number of nitrogens with zero attached hydrogens (tertiary/aromatic N) is 3. The van der Waals surface area contributed by atoms with Crippen molar-refractivity contribution in [1.29, 1.82) is 0 Å². The number of hydrogen-bond donors (Lipinski definition) is 1. The molecule has 1 N–H and O–H groups in total. The summed E-state index contributed by atoms with van der Waals surface area (Å²) in [5.41, 5.74) is 1.82. The first-order valence-electron chi connectivity index (χ1n) is 9.74. The Morgan fingerprint density at radius 2 is 1.68 bits per heavy atom. The van der Waals surface area contributed by atoms with Crippen molar-refractivity contribution in [2.75, 3.05) is 51.1 Å². The van der Waals surface area contributed by atoms with Crippen LogP contribution in [0.25, 0.3) is 0 Å². The van der Waals surface area contributed by atoms with Crippen molar-refractivity contribution in [2.45, 2.75) is 33.0 Å². The van der Waals surface area contributed by atoms with Gasteiger partial charge in [-0.2, -0.15) is 17.0 Å². The van der Waals surface area contributed by atoms with Gasteiger partial charge in [0.15, 0.2) is 0 Å². The van der Waals surface area contributed by atoms with E-state index in [-0.39, 0.29) is 24.7 Å². The maximum atomic E-state index is 12.9. The van der Waals surface area contributed by atoms with Crippen molar-refractivity contribution in [3.05, 3.63) is 29.8 Å².